The van der Waals surface area contributed by atoms with E-state index >= 15 is 0 Å². The van der Waals surface area contributed by atoms with Crippen molar-refractivity contribution in [3.8, 4) is 0 Å². The third-order valence-electron chi connectivity index (χ3n) is 2.93. The average Bonchev–Trinajstić information content (AvgIpc) is 2.35. The third-order valence-corrected chi connectivity index (χ3v) is 5.86. The van der Waals surface area contributed by atoms with Gasteiger partial charge in [0.15, 0.2) is 0 Å². The molecule has 5 nitrogen and oxygen atoms in total. The lowest BCUT2D eigenvalue weighted by Gasteiger charge is -2.34. The number of hydrogen-bond donors (Lipinski definition) is 2. The highest BCUT2D eigenvalue weighted by Gasteiger charge is 2.47. The first kappa shape index (κ1) is 19.0. The Morgan fingerprint density at radius 3 is 1.95 bits per heavy atom. The van der Waals surface area contributed by atoms with Crippen LogP contribution in [0, 0.1) is 0 Å². The molecule has 19 heavy (non-hydrogen) atoms. The van der Waals surface area contributed by atoms with Crippen LogP contribution in [-0.2, 0) is 13.3 Å². The summed E-state index contributed by atoms with van der Waals surface area (Å²) in [5.41, 5.74) is 11.7. The molecule has 0 aromatic heterocycles. The van der Waals surface area contributed by atoms with E-state index in [-0.39, 0.29) is 6.10 Å². The molecular weight excluding hydrogens is 260 g/mol. The lowest BCUT2D eigenvalue weighted by Crippen LogP contribution is -2.65. The van der Waals surface area contributed by atoms with E-state index in [1.54, 1.807) is 0 Å². The fourth-order valence-electron chi connectivity index (χ4n) is 1.98. The molecule has 1 atom stereocenters. The van der Waals surface area contributed by atoms with Gasteiger partial charge in [0.25, 0.3) is 0 Å². The Morgan fingerprint density at radius 1 is 0.947 bits per heavy atom. The molecule has 0 radical (unpaired) electrons. The van der Waals surface area contributed by atoms with Gasteiger partial charge in [-0.3, -0.25) is 0 Å². The van der Waals surface area contributed by atoms with Gasteiger partial charge in [-0.05, 0) is 27.2 Å². The predicted molar refractivity (Wildman–Crippen MR) is 80.5 cm³/mol. The van der Waals surface area contributed by atoms with E-state index in [0.29, 0.717) is 13.2 Å². The fourth-order valence-corrected chi connectivity index (χ4v) is 4.23. The minimum Gasteiger partial charge on any atom is -0.372 e. The second-order valence-electron chi connectivity index (χ2n) is 4.77. The van der Waals surface area contributed by atoms with Crippen LogP contribution < -0.4 is 11.5 Å². The van der Waals surface area contributed by atoms with Gasteiger partial charge in [-0.25, -0.2) is 0 Å². The van der Waals surface area contributed by atoms with Gasteiger partial charge in [0.1, 0.15) is 5.79 Å². The van der Waals surface area contributed by atoms with E-state index in [0.717, 1.165) is 12.8 Å². The molecule has 0 aliphatic rings. The summed E-state index contributed by atoms with van der Waals surface area (Å²) in [6.45, 7) is 9.04. The molecule has 0 amide bonds. The van der Waals surface area contributed by atoms with Gasteiger partial charge in [-0.15, -0.1) is 0 Å². The van der Waals surface area contributed by atoms with Gasteiger partial charge < -0.3 is 24.7 Å². The second-order valence-corrected chi connectivity index (χ2v) is 7.46. The van der Waals surface area contributed by atoms with Crippen molar-refractivity contribution in [1.29, 1.82) is 0 Å². The first-order valence-electron chi connectivity index (χ1n) is 7.49. The molecular formula is C13H32N2O3Si. The molecule has 116 valence electrons. The summed E-state index contributed by atoms with van der Waals surface area (Å²) in [6, 6.07) is 0. The van der Waals surface area contributed by atoms with Crippen molar-refractivity contribution in [2.75, 3.05) is 13.2 Å². The first-order chi connectivity index (χ1) is 9.02. The van der Waals surface area contributed by atoms with Gasteiger partial charge in [0, 0.05) is 19.3 Å². The standard InChI is InChI=1S/C13H32N2O3Si/c1-5-8-9-10-11-12(4)18-19(13(14)15,16-6-2)17-7-3/h12-13H,5-11,14-15H2,1-4H3. The quantitative estimate of drug-likeness (QED) is 0.327. The second kappa shape index (κ2) is 10.8. The molecule has 0 rings (SSSR count). The molecule has 0 saturated carbocycles. The number of rotatable bonds is 12. The van der Waals surface area contributed by atoms with Crippen LogP contribution in [0.4, 0.5) is 0 Å². The van der Waals surface area contributed by atoms with E-state index < -0.39 is 14.6 Å². The minimum absolute atomic E-state index is 0.0659. The lowest BCUT2D eigenvalue weighted by atomic mass is 10.1. The Balaban J connectivity index is 4.36. The monoisotopic (exact) mass is 292 g/mol. The molecule has 6 heteroatoms. The maximum absolute atomic E-state index is 6.00. The van der Waals surface area contributed by atoms with Crippen LogP contribution in [0.15, 0.2) is 0 Å². The van der Waals surface area contributed by atoms with Crippen molar-refractivity contribution < 1.29 is 13.3 Å². The van der Waals surface area contributed by atoms with Crippen molar-refractivity contribution in [2.24, 2.45) is 11.5 Å². The molecule has 4 N–H and O–H groups in total. The van der Waals surface area contributed by atoms with E-state index in [1.165, 1.54) is 19.3 Å². The average molecular weight is 292 g/mol. The maximum atomic E-state index is 6.00. The first-order valence-corrected chi connectivity index (χ1v) is 9.29. The van der Waals surface area contributed by atoms with E-state index in [2.05, 4.69) is 6.92 Å². The summed E-state index contributed by atoms with van der Waals surface area (Å²) in [5, 5.41) is 0. The SMILES string of the molecule is CCCCCCC(C)O[Si](OCC)(OCC)C(N)N. The van der Waals surface area contributed by atoms with Crippen molar-refractivity contribution in [1.82, 2.24) is 0 Å². The molecule has 0 fully saturated rings. The highest BCUT2D eigenvalue weighted by molar-refractivity contribution is 6.62. The lowest BCUT2D eigenvalue weighted by molar-refractivity contribution is 0.0275. The summed E-state index contributed by atoms with van der Waals surface area (Å²) in [7, 11) is -2.95. The number of hydrogen-bond acceptors (Lipinski definition) is 5. The van der Waals surface area contributed by atoms with Gasteiger partial charge in [0.05, 0.1) is 0 Å². The van der Waals surface area contributed by atoms with Crippen LogP contribution in [0.5, 0.6) is 0 Å². The van der Waals surface area contributed by atoms with Crippen LogP contribution in [-0.4, -0.2) is 33.9 Å². The Bertz CT molecular complexity index is 212. The predicted octanol–water partition coefficient (Wildman–Crippen LogP) is 2.16. The van der Waals surface area contributed by atoms with E-state index in [4.69, 9.17) is 24.7 Å². The summed E-state index contributed by atoms with van der Waals surface area (Å²) >= 11 is 0. The number of nitrogens with two attached hydrogens (primary N) is 2. The zero-order valence-corrected chi connectivity index (χ0v) is 14.0. The molecule has 0 aliphatic carbocycles. The van der Waals surface area contributed by atoms with Crippen molar-refractivity contribution in [2.45, 2.75) is 71.7 Å². The smallest absolute Gasteiger partial charge is 0.372 e. The molecule has 0 aromatic rings. The van der Waals surface area contributed by atoms with Crippen LogP contribution in [0.2, 0.25) is 0 Å². The van der Waals surface area contributed by atoms with Gasteiger partial charge in [0.2, 0.25) is 0 Å². The van der Waals surface area contributed by atoms with Crippen molar-refractivity contribution in [3.05, 3.63) is 0 Å². The molecule has 0 bridgehead atoms. The highest BCUT2D eigenvalue weighted by atomic mass is 28.4. The molecule has 1 unspecified atom stereocenters. The summed E-state index contributed by atoms with van der Waals surface area (Å²) in [5.74, 6) is -0.689. The molecule has 0 heterocycles. The minimum atomic E-state index is -2.95. The van der Waals surface area contributed by atoms with Crippen LogP contribution >= 0.6 is 0 Å². The van der Waals surface area contributed by atoms with Crippen molar-refractivity contribution in [3.63, 3.8) is 0 Å². The molecule has 0 aliphatic heterocycles. The summed E-state index contributed by atoms with van der Waals surface area (Å²) in [4.78, 5) is 0. The van der Waals surface area contributed by atoms with E-state index in [9.17, 15) is 0 Å². The Hall–Kier alpha value is 0.0169. The van der Waals surface area contributed by atoms with Gasteiger partial charge in [-0.1, -0.05) is 32.6 Å². The van der Waals surface area contributed by atoms with Crippen LogP contribution in [0.3, 0.4) is 0 Å². The largest absolute Gasteiger partial charge is 0.533 e. The van der Waals surface area contributed by atoms with Crippen LogP contribution in [0.25, 0.3) is 0 Å². The van der Waals surface area contributed by atoms with Gasteiger partial charge >= 0.3 is 8.80 Å². The fraction of sp³-hybridized carbons (Fsp3) is 1.00. The Labute approximate surface area is 119 Å². The van der Waals surface area contributed by atoms with Crippen molar-refractivity contribution >= 4 is 8.80 Å². The van der Waals surface area contributed by atoms with Gasteiger partial charge in [-0.2, -0.15) is 0 Å². The van der Waals surface area contributed by atoms with Crippen LogP contribution in [0.1, 0.15) is 59.8 Å². The normalized spacial score (nSPS) is 14.1. The Kier molecular flexibility index (Phi) is 10.8. The third kappa shape index (κ3) is 7.39. The molecule has 0 saturated heterocycles. The zero-order valence-electron chi connectivity index (χ0n) is 13.0. The number of unbranched alkanes of at least 4 members (excludes halogenated alkanes) is 3. The summed E-state index contributed by atoms with van der Waals surface area (Å²) < 4.78 is 17.4. The highest BCUT2D eigenvalue weighted by Crippen LogP contribution is 2.17. The summed E-state index contributed by atoms with van der Waals surface area (Å²) in [6.07, 6.45) is 5.94. The maximum Gasteiger partial charge on any atom is 0.533 e. The molecule has 0 aromatic carbocycles. The topological polar surface area (TPSA) is 79.7 Å². The zero-order chi connectivity index (χ0) is 14.7. The Morgan fingerprint density at radius 2 is 1.53 bits per heavy atom. The van der Waals surface area contributed by atoms with E-state index in [1.807, 2.05) is 20.8 Å². The molecule has 0 spiro atoms.